The third-order valence-electron chi connectivity index (χ3n) is 7.79. The number of fused-ring (bicyclic) bond motifs is 2. The van der Waals surface area contributed by atoms with E-state index in [1.54, 1.807) is 0 Å². The maximum atomic E-state index is 13.0. The molecular formula is C20H35ClN2O2. The molecule has 4 aliphatic carbocycles. The molecule has 4 fully saturated rings. The highest BCUT2D eigenvalue weighted by molar-refractivity contribution is 5.85. The molecule has 5 heteroatoms. The van der Waals surface area contributed by atoms with Crippen molar-refractivity contribution in [3.8, 4) is 0 Å². The lowest BCUT2D eigenvalue weighted by Gasteiger charge is -2.54. The van der Waals surface area contributed by atoms with Gasteiger partial charge in [-0.25, -0.2) is 0 Å². The van der Waals surface area contributed by atoms with Gasteiger partial charge in [-0.1, -0.05) is 19.3 Å². The standard InChI is InChI=1S/C20H34N2O2.ClH/c1-2-24-17-12-16(20(17)8-3-4-9-20)22-19(23)15-10-13-6-5-7-14(11-15)18(13)21;/h13-18H,2-12,21H2,1H3,(H,22,23);1H. The highest BCUT2D eigenvalue weighted by Crippen LogP contribution is 2.55. The van der Waals surface area contributed by atoms with Crippen LogP contribution in [0.4, 0.5) is 0 Å². The van der Waals surface area contributed by atoms with Gasteiger partial charge in [-0.2, -0.15) is 0 Å². The zero-order chi connectivity index (χ0) is 16.7. The molecule has 0 aliphatic heterocycles. The molecule has 1 spiro atoms. The van der Waals surface area contributed by atoms with Gasteiger partial charge in [0.15, 0.2) is 0 Å². The maximum absolute atomic E-state index is 13.0. The molecule has 0 saturated heterocycles. The van der Waals surface area contributed by atoms with Crippen LogP contribution in [0.5, 0.6) is 0 Å². The zero-order valence-corrected chi connectivity index (χ0v) is 16.4. The Labute approximate surface area is 158 Å². The molecule has 0 radical (unpaired) electrons. The normalized spacial score (nSPS) is 41.7. The Balaban J connectivity index is 0.00000182. The summed E-state index contributed by atoms with van der Waals surface area (Å²) in [6.07, 6.45) is 12.2. The molecule has 0 aromatic rings. The largest absolute Gasteiger partial charge is 0.378 e. The molecule has 4 rings (SSSR count). The van der Waals surface area contributed by atoms with Gasteiger partial charge in [-0.3, -0.25) is 4.79 Å². The van der Waals surface area contributed by atoms with Gasteiger partial charge in [-0.05, 0) is 63.7 Å². The van der Waals surface area contributed by atoms with Gasteiger partial charge in [0.1, 0.15) is 0 Å². The molecule has 0 heterocycles. The number of amides is 1. The number of halogens is 1. The molecule has 25 heavy (non-hydrogen) atoms. The van der Waals surface area contributed by atoms with Crippen molar-refractivity contribution in [3.63, 3.8) is 0 Å². The van der Waals surface area contributed by atoms with Crippen LogP contribution >= 0.6 is 12.4 Å². The molecule has 3 N–H and O–H groups in total. The first-order valence-electron chi connectivity index (χ1n) is 10.3. The van der Waals surface area contributed by atoms with Gasteiger partial charge < -0.3 is 15.8 Å². The van der Waals surface area contributed by atoms with E-state index in [0.717, 1.165) is 25.9 Å². The minimum Gasteiger partial charge on any atom is -0.378 e. The van der Waals surface area contributed by atoms with Gasteiger partial charge in [-0.15, -0.1) is 12.4 Å². The summed E-state index contributed by atoms with van der Waals surface area (Å²) in [5.41, 5.74) is 6.63. The highest BCUT2D eigenvalue weighted by Gasteiger charge is 2.57. The third kappa shape index (κ3) is 3.35. The molecule has 0 aromatic heterocycles. The third-order valence-corrected chi connectivity index (χ3v) is 7.79. The van der Waals surface area contributed by atoms with E-state index in [9.17, 15) is 4.79 Å². The number of nitrogens with two attached hydrogens (primary N) is 1. The topological polar surface area (TPSA) is 64.3 Å². The van der Waals surface area contributed by atoms with Crippen molar-refractivity contribution in [2.24, 2.45) is 28.9 Å². The number of carbonyl (C=O) groups excluding carboxylic acids is 1. The van der Waals surface area contributed by atoms with Gasteiger partial charge in [0.2, 0.25) is 5.91 Å². The number of hydrogen-bond donors (Lipinski definition) is 2. The lowest BCUT2D eigenvalue weighted by molar-refractivity contribution is -0.148. The predicted molar refractivity (Wildman–Crippen MR) is 102 cm³/mol. The van der Waals surface area contributed by atoms with Crippen LogP contribution in [-0.4, -0.2) is 30.7 Å². The van der Waals surface area contributed by atoms with E-state index in [-0.39, 0.29) is 23.7 Å². The van der Waals surface area contributed by atoms with Gasteiger partial charge in [0.25, 0.3) is 0 Å². The fourth-order valence-electron chi connectivity index (χ4n) is 6.38. The Morgan fingerprint density at radius 3 is 2.36 bits per heavy atom. The van der Waals surface area contributed by atoms with Crippen LogP contribution in [0.15, 0.2) is 0 Å². The summed E-state index contributed by atoms with van der Waals surface area (Å²) in [4.78, 5) is 13.0. The fraction of sp³-hybridized carbons (Fsp3) is 0.950. The molecule has 1 amide bonds. The summed E-state index contributed by atoms with van der Waals surface area (Å²) in [6.45, 7) is 2.87. The van der Waals surface area contributed by atoms with E-state index < -0.39 is 0 Å². The summed E-state index contributed by atoms with van der Waals surface area (Å²) >= 11 is 0. The van der Waals surface area contributed by atoms with Gasteiger partial charge >= 0.3 is 0 Å². The number of rotatable bonds is 4. The molecule has 4 atom stereocenters. The van der Waals surface area contributed by atoms with Crippen LogP contribution in [0.1, 0.15) is 71.1 Å². The molecule has 4 saturated carbocycles. The second-order valence-corrected chi connectivity index (χ2v) is 8.88. The molecule has 0 aromatic carbocycles. The van der Waals surface area contributed by atoms with Crippen molar-refractivity contribution >= 4 is 18.3 Å². The SMILES string of the molecule is CCOC1CC(NC(=O)C2CC3CCCC(C2)C3N)C12CCCC2.Cl. The Morgan fingerprint density at radius 2 is 1.76 bits per heavy atom. The fourth-order valence-corrected chi connectivity index (χ4v) is 6.38. The Bertz CT molecular complexity index is 466. The smallest absolute Gasteiger partial charge is 0.223 e. The minimum atomic E-state index is 0. The molecular weight excluding hydrogens is 336 g/mol. The van der Waals surface area contributed by atoms with Crippen molar-refractivity contribution in [3.05, 3.63) is 0 Å². The Morgan fingerprint density at radius 1 is 1.12 bits per heavy atom. The number of hydrogen-bond acceptors (Lipinski definition) is 3. The first kappa shape index (κ1) is 19.4. The second-order valence-electron chi connectivity index (χ2n) is 8.88. The lowest BCUT2D eigenvalue weighted by Crippen LogP contribution is -2.64. The summed E-state index contributed by atoms with van der Waals surface area (Å²) < 4.78 is 5.98. The van der Waals surface area contributed by atoms with Gasteiger partial charge in [0.05, 0.1) is 6.10 Å². The summed E-state index contributed by atoms with van der Waals surface area (Å²) in [7, 11) is 0. The Hall–Kier alpha value is -0.320. The van der Waals surface area contributed by atoms with Crippen molar-refractivity contribution in [2.45, 2.75) is 89.3 Å². The van der Waals surface area contributed by atoms with E-state index in [0.29, 0.717) is 35.9 Å². The van der Waals surface area contributed by atoms with E-state index in [1.165, 1.54) is 44.9 Å². The first-order chi connectivity index (χ1) is 11.6. The van der Waals surface area contributed by atoms with Crippen LogP contribution in [0.2, 0.25) is 0 Å². The monoisotopic (exact) mass is 370 g/mol. The van der Waals surface area contributed by atoms with Crippen molar-refractivity contribution in [1.82, 2.24) is 5.32 Å². The molecule has 4 nitrogen and oxygen atoms in total. The average molecular weight is 371 g/mol. The molecule has 144 valence electrons. The van der Waals surface area contributed by atoms with Crippen molar-refractivity contribution in [1.29, 1.82) is 0 Å². The minimum absolute atomic E-state index is 0. The zero-order valence-electron chi connectivity index (χ0n) is 15.5. The maximum Gasteiger partial charge on any atom is 0.223 e. The lowest BCUT2D eigenvalue weighted by atomic mass is 9.60. The van der Waals surface area contributed by atoms with Crippen molar-refractivity contribution < 1.29 is 9.53 Å². The summed E-state index contributed by atoms with van der Waals surface area (Å²) in [6, 6.07) is 0.689. The number of carbonyl (C=O) groups is 1. The average Bonchev–Trinajstić information content (AvgIpc) is 3.06. The molecule has 4 aliphatic rings. The number of ether oxygens (including phenoxy) is 1. The molecule has 4 unspecified atom stereocenters. The van der Waals surface area contributed by atoms with E-state index in [4.69, 9.17) is 10.5 Å². The van der Waals surface area contributed by atoms with Crippen LogP contribution in [0.3, 0.4) is 0 Å². The van der Waals surface area contributed by atoms with Crippen molar-refractivity contribution in [2.75, 3.05) is 6.61 Å². The number of nitrogens with one attached hydrogen (secondary N) is 1. The van der Waals surface area contributed by atoms with Crippen LogP contribution in [0, 0.1) is 23.2 Å². The quantitative estimate of drug-likeness (QED) is 0.796. The summed E-state index contributed by atoms with van der Waals surface area (Å²) in [5.74, 6) is 1.66. The van der Waals surface area contributed by atoms with Crippen LogP contribution < -0.4 is 11.1 Å². The van der Waals surface area contributed by atoms with Gasteiger partial charge in [0, 0.05) is 30.0 Å². The highest BCUT2D eigenvalue weighted by atomic mass is 35.5. The van der Waals surface area contributed by atoms with E-state index >= 15 is 0 Å². The Kier molecular flexibility index (Phi) is 6.02. The first-order valence-corrected chi connectivity index (χ1v) is 10.3. The summed E-state index contributed by atoms with van der Waals surface area (Å²) in [5, 5.41) is 3.45. The van der Waals surface area contributed by atoms with Crippen LogP contribution in [0.25, 0.3) is 0 Å². The van der Waals surface area contributed by atoms with E-state index in [2.05, 4.69) is 12.2 Å². The van der Waals surface area contributed by atoms with Crippen LogP contribution in [-0.2, 0) is 9.53 Å². The second kappa shape index (κ2) is 7.74. The predicted octanol–water partition coefficient (Wildman–Crippen LogP) is 3.42. The molecule has 2 bridgehead atoms. The van der Waals surface area contributed by atoms with E-state index in [1.807, 2.05) is 0 Å².